The van der Waals surface area contributed by atoms with Crippen molar-refractivity contribution in [1.29, 1.82) is 0 Å². The van der Waals surface area contributed by atoms with Crippen molar-refractivity contribution in [2.24, 2.45) is 0 Å². The molecule has 1 aliphatic rings. The van der Waals surface area contributed by atoms with Crippen LogP contribution in [0.1, 0.15) is 28.4 Å². The first-order chi connectivity index (χ1) is 11.5. The molecule has 2 aromatic rings. The number of ether oxygens (including phenoxy) is 2. The smallest absolute Gasteiger partial charge is 0.189 e. The lowest BCUT2D eigenvalue weighted by Gasteiger charge is -2.12. The molecule has 0 saturated heterocycles. The molecule has 0 spiro atoms. The number of hydrogen-bond donors (Lipinski definition) is 1. The number of fused-ring (bicyclic) bond motifs is 1. The van der Waals surface area contributed by atoms with Gasteiger partial charge in [-0.15, -0.1) is 0 Å². The number of carbonyl (C=O) groups is 1. The van der Waals surface area contributed by atoms with Crippen LogP contribution in [-0.2, 0) is 6.42 Å². The molecule has 5 heteroatoms. The van der Waals surface area contributed by atoms with E-state index < -0.39 is 0 Å². The molecule has 0 aromatic heterocycles. The van der Waals surface area contributed by atoms with Crippen LogP contribution in [-0.4, -0.2) is 24.6 Å². The average Bonchev–Trinajstić information content (AvgIpc) is 2.86. The molecule has 0 saturated carbocycles. The number of aromatic hydroxyl groups is 1. The quantitative estimate of drug-likeness (QED) is 0.789. The maximum Gasteiger partial charge on any atom is 0.189 e. The van der Waals surface area contributed by atoms with E-state index in [-0.39, 0.29) is 11.5 Å². The van der Waals surface area contributed by atoms with E-state index in [1.54, 1.807) is 25.3 Å². The van der Waals surface area contributed by atoms with Crippen LogP contribution in [0.4, 0.5) is 0 Å². The Hall–Kier alpha value is -2.27. The van der Waals surface area contributed by atoms with Gasteiger partial charge in [0, 0.05) is 23.1 Å². The minimum atomic E-state index is -0.0502. The zero-order chi connectivity index (χ0) is 17.3. The normalized spacial score (nSPS) is 14.8. The minimum absolute atomic E-state index is 0.0502. The monoisotopic (exact) mass is 388 g/mol. The fourth-order valence-corrected chi connectivity index (χ4v) is 3.49. The van der Waals surface area contributed by atoms with Crippen molar-refractivity contribution in [2.75, 3.05) is 13.7 Å². The second-order valence-electron chi connectivity index (χ2n) is 5.45. The second-order valence-corrected chi connectivity index (χ2v) is 6.30. The maximum atomic E-state index is 12.5. The van der Waals surface area contributed by atoms with Crippen LogP contribution in [0, 0.1) is 0 Å². The van der Waals surface area contributed by atoms with Gasteiger partial charge in [-0.25, -0.2) is 0 Å². The van der Waals surface area contributed by atoms with Crippen molar-refractivity contribution < 1.29 is 19.4 Å². The molecular formula is C19H17BrO4. The number of rotatable bonds is 4. The number of Topliss-reactive ketones (excluding diaryl/α,β-unsaturated/α-hetero) is 1. The van der Waals surface area contributed by atoms with Crippen molar-refractivity contribution in [1.82, 2.24) is 0 Å². The van der Waals surface area contributed by atoms with Crippen LogP contribution in [0.3, 0.4) is 0 Å². The lowest BCUT2D eigenvalue weighted by atomic mass is 10.1. The predicted molar refractivity (Wildman–Crippen MR) is 96.0 cm³/mol. The molecule has 2 aromatic carbocycles. The van der Waals surface area contributed by atoms with Gasteiger partial charge in [0.2, 0.25) is 0 Å². The highest BCUT2D eigenvalue weighted by atomic mass is 79.9. The van der Waals surface area contributed by atoms with E-state index in [2.05, 4.69) is 15.9 Å². The first-order valence-corrected chi connectivity index (χ1v) is 8.41. The molecule has 0 bridgehead atoms. The van der Waals surface area contributed by atoms with Gasteiger partial charge in [-0.3, -0.25) is 4.79 Å². The zero-order valence-electron chi connectivity index (χ0n) is 13.4. The van der Waals surface area contributed by atoms with Crippen molar-refractivity contribution in [3.63, 3.8) is 0 Å². The van der Waals surface area contributed by atoms with E-state index in [1.165, 1.54) is 0 Å². The molecule has 0 aliphatic heterocycles. The minimum Gasteiger partial charge on any atom is -0.508 e. The maximum absolute atomic E-state index is 12.5. The largest absolute Gasteiger partial charge is 0.508 e. The Kier molecular flexibility index (Phi) is 4.62. The summed E-state index contributed by atoms with van der Waals surface area (Å²) < 4.78 is 11.7. The molecule has 24 heavy (non-hydrogen) atoms. The first-order valence-electron chi connectivity index (χ1n) is 7.61. The number of hydrogen-bond acceptors (Lipinski definition) is 4. The van der Waals surface area contributed by atoms with E-state index in [1.807, 2.05) is 25.1 Å². The lowest BCUT2D eigenvalue weighted by Crippen LogP contribution is -1.98. The Morgan fingerprint density at radius 2 is 2.12 bits per heavy atom. The summed E-state index contributed by atoms with van der Waals surface area (Å²) in [4.78, 5) is 12.5. The molecule has 124 valence electrons. The van der Waals surface area contributed by atoms with Crippen molar-refractivity contribution in [3.8, 4) is 17.2 Å². The Bertz CT molecular complexity index is 840. The Morgan fingerprint density at radius 1 is 1.33 bits per heavy atom. The lowest BCUT2D eigenvalue weighted by molar-refractivity contribution is 0.104. The average molecular weight is 389 g/mol. The third-order valence-electron chi connectivity index (χ3n) is 3.93. The fraction of sp³-hybridized carbons (Fsp3) is 0.211. The Labute approximate surface area is 148 Å². The van der Waals surface area contributed by atoms with E-state index in [4.69, 9.17) is 9.47 Å². The summed E-state index contributed by atoms with van der Waals surface area (Å²) in [5.41, 5.74) is 2.73. The van der Waals surface area contributed by atoms with Crippen LogP contribution in [0.25, 0.3) is 6.08 Å². The fourth-order valence-electron chi connectivity index (χ4n) is 2.87. The van der Waals surface area contributed by atoms with Gasteiger partial charge in [0.05, 0.1) is 18.2 Å². The summed E-state index contributed by atoms with van der Waals surface area (Å²) >= 11 is 3.47. The highest BCUT2D eigenvalue weighted by molar-refractivity contribution is 9.10. The number of methoxy groups -OCH3 is 1. The summed E-state index contributed by atoms with van der Waals surface area (Å²) in [6.45, 7) is 2.42. The third-order valence-corrected chi connectivity index (χ3v) is 4.52. The summed E-state index contributed by atoms with van der Waals surface area (Å²) in [6, 6.07) is 8.76. The zero-order valence-corrected chi connectivity index (χ0v) is 15.0. The predicted octanol–water partition coefficient (Wildman–Crippen LogP) is 4.38. The van der Waals surface area contributed by atoms with Crippen LogP contribution < -0.4 is 9.47 Å². The van der Waals surface area contributed by atoms with Gasteiger partial charge in [-0.05, 0) is 52.7 Å². The van der Waals surface area contributed by atoms with Crippen LogP contribution >= 0.6 is 15.9 Å². The van der Waals surface area contributed by atoms with Gasteiger partial charge in [0.25, 0.3) is 0 Å². The topological polar surface area (TPSA) is 55.8 Å². The Balaban J connectivity index is 2.01. The summed E-state index contributed by atoms with van der Waals surface area (Å²) in [6.07, 6.45) is 2.25. The van der Waals surface area contributed by atoms with Gasteiger partial charge in [0.15, 0.2) is 17.3 Å². The van der Waals surface area contributed by atoms with E-state index >= 15 is 0 Å². The van der Waals surface area contributed by atoms with E-state index in [9.17, 15) is 9.90 Å². The van der Waals surface area contributed by atoms with Crippen molar-refractivity contribution in [3.05, 3.63) is 57.1 Å². The van der Waals surface area contributed by atoms with Crippen LogP contribution in [0.5, 0.6) is 17.2 Å². The van der Waals surface area contributed by atoms with E-state index in [0.717, 1.165) is 10.0 Å². The second kappa shape index (κ2) is 6.69. The first kappa shape index (κ1) is 16.6. The van der Waals surface area contributed by atoms with Gasteiger partial charge in [-0.1, -0.05) is 12.1 Å². The number of halogens is 1. The standard InChI is InChI=1S/C19H17BrO4/c1-3-24-17-9-11(8-15(20)19(17)23-2)7-12-10-14-13(18(12)22)5-4-6-16(14)21/h4-9,21H,3,10H2,1-2H3/b12-7+. The van der Waals surface area contributed by atoms with Gasteiger partial charge < -0.3 is 14.6 Å². The molecule has 3 rings (SSSR count). The van der Waals surface area contributed by atoms with Crippen molar-refractivity contribution in [2.45, 2.75) is 13.3 Å². The molecule has 0 radical (unpaired) electrons. The highest BCUT2D eigenvalue weighted by Crippen LogP contribution is 2.38. The molecule has 0 amide bonds. The van der Waals surface area contributed by atoms with Gasteiger partial charge in [-0.2, -0.15) is 0 Å². The van der Waals surface area contributed by atoms with Crippen LogP contribution in [0.2, 0.25) is 0 Å². The number of phenols is 1. The van der Waals surface area contributed by atoms with Crippen molar-refractivity contribution >= 4 is 27.8 Å². The molecule has 4 nitrogen and oxygen atoms in total. The van der Waals surface area contributed by atoms with Gasteiger partial charge >= 0.3 is 0 Å². The number of carbonyl (C=O) groups excluding carboxylic acids is 1. The number of phenolic OH excluding ortho intramolecular Hbond substituents is 1. The SMILES string of the molecule is CCOc1cc(/C=C2\Cc3c(O)cccc3C2=O)cc(Br)c1OC. The molecule has 1 aliphatic carbocycles. The van der Waals surface area contributed by atoms with Gasteiger partial charge in [0.1, 0.15) is 5.75 Å². The molecular weight excluding hydrogens is 372 g/mol. The number of allylic oxidation sites excluding steroid dienone is 1. The molecule has 0 fully saturated rings. The summed E-state index contributed by atoms with van der Waals surface area (Å²) in [5.74, 6) is 1.35. The van der Waals surface area contributed by atoms with E-state index in [0.29, 0.717) is 41.2 Å². The summed E-state index contributed by atoms with van der Waals surface area (Å²) in [5, 5.41) is 9.94. The number of benzene rings is 2. The number of ketones is 1. The third kappa shape index (κ3) is 2.91. The highest BCUT2D eigenvalue weighted by Gasteiger charge is 2.27. The summed E-state index contributed by atoms with van der Waals surface area (Å²) in [7, 11) is 1.58. The molecule has 0 atom stereocenters. The van der Waals surface area contributed by atoms with Crippen LogP contribution in [0.15, 0.2) is 40.4 Å². The molecule has 0 heterocycles. The Morgan fingerprint density at radius 3 is 2.79 bits per heavy atom. The molecule has 1 N–H and O–H groups in total. The molecule has 0 unspecified atom stereocenters.